The topological polar surface area (TPSA) is 60.1 Å². The fourth-order valence-corrected chi connectivity index (χ4v) is 5.49. The summed E-state index contributed by atoms with van der Waals surface area (Å²) in [5.41, 5.74) is 1.03. The van der Waals surface area contributed by atoms with Crippen LogP contribution in [0.5, 0.6) is 0 Å². The van der Waals surface area contributed by atoms with Gasteiger partial charge in [-0.2, -0.15) is 5.10 Å². The summed E-state index contributed by atoms with van der Waals surface area (Å²) >= 11 is 5.70. The molecule has 2 aliphatic rings. The molecule has 4 rings (SSSR count). The van der Waals surface area contributed by atoms with Gasteiger partial charge in [-0.25, -0.2) is 13.1 Å². The van der Waals surface area contributed by atoms with E-state index in [1.54, 1.807) is 0 Å². The highest BCUT2D eigenvalue weighted by Gasteiger charge is 2.33. The number of aromatic nitrogens is 3. The van der Waals surface area contributed by atoms with Crippen LogP contribution in [0, 0.1) is 4.77 Å². The largest absolute Gasteiger partial charge is 0.283 e. The summed E-state index contributed by atoms with van der Waals surface area (Å²) < 4.78 is 28.0. The molecule has 1 atom stereocenters. The number of hydrogen-bond donors (Lipinski definition) is 0. The Kier molecular flexibility index (Phi) is 4.29. The van der Waals surface area contributed by atoms with Crippen LogP contribution in [-0.4, -0.2) is 52.3 Å². The molecule has 2 fully saturated rings. The molecule has 0 spiro atoms. The zero-order chi connectivity index (χ0) is 17.6. The number of hydrogen-bond acceptors (Lipinski definition) is 5. The summed E-state index contributed by atoms with van der Waals surface area (Å²) in [7, 11) is -0.945. The Balaban J connectivity index is 1.64. The SMILES string of the molecule is CN(Cn1nc(C2CC2)n(-c2ccccc2)c1=S)C1CCS(=O)(=O)C1. The van der Waals surface area contributed by atoms with Crippen LogP contribution in [0.1, 0.15) is 31.0 Å². The third kappa shape index (κ3) is 3.43. The van der Waals surface area contributed by atoms with Crippen LogP contribution >= 0.6 is 12.2 Å². The monoisotopic (exact) mass is 378 g/mol. The van der Waals surface area contributed by atoms with Gasteiger partial charge in [-0.15, -0.1) is 0 Å². The third-order valence-corrected chi connectivity index (χ3v) is 7.15. The number of sulfone groups is 1. The Morgan fingerprint density at radius 1 is 1.24 bits per heavy atom. The average Bonchev–Trinajstić information content (AvgIpc) is 3.29. The Hall–Kier alpha value is -1.51. The Morgan fingerprint density at radius 2 is 1.96 bits per heavy atom. The van der Waals surface area contributed by atoms with E-state index in [0.29, 0.717) is 23.8 Å². The molecule has 1 unspecified atom stereocenters. The van der Waals surface area contributed by atoms with Gasteiger partial charge in [0, 0.05) is 17.6 Å². The van der Waals surface area contributed by atoms with E-state index in [-0.39, 0.29) is 17.5 Å². The van der Waals surface area contributed by atoms with E-state index in [9.17, 15) is 8.42 Å². The quantitative estimate of drug-likeness (QED) is 0.748. The van der Waals surface area contributed by atoms with Crippen molar-refractivity contribution in [3.8, 4) is 5.69 Å². The highest BCUT2D eigenvalue weighted by Crippen LogP contribution is 2.40. The summed E-state index contributed by atoms with van der Waals surface area (Å²) in [5.74, 6) is 1.99. The van der Waals surface area contributed by atoms with E-state index >= 15 is 0 Å². The standard InChI is InChI=1S/C17H22N4O2S2/c1-19(15-9-10-25(22,23)11-15)12-20-17(24)21(14-5-3-2-4-6-14)16(18-20)13-7-8-13/h2-6,13,15H,7-12H2,1H3. The molecule has 0 amide bonds. The summed E-state index contributed by atoms with van der Waals surface area (Å²) in [4.78, 5) is 2.05. The van der Waals surface area contributed by atoms with E-state index in [0.717, 1.165) is 24.4 Å². The average molecular weight is 379 g/mol. The van der Waals surface area contributed by atoms with Crippen molar-refractivity contribution >= 4 is 22.1 Å². The molecule has 2 heterocycles. The highest BCUT2D eigenvalue weighted by molar-refractivity contribution is 7.91. The molecule has 1 aromatic heterocycles. The van der Waals surface area contributed by atoms with Crippen LogP contribution in [-0.2, 0) is 16.5 Å². The number of para-hydroxylation sites is 1. The lowest BCUT2D eigenvalue weighted by Crippen LogP contribution is -2.34. The molecule has 134 valence electrons. The van der Waals surface area contributed by atoms with Crippen molar-refractivity contribution in [3.63, 3.8) is 0 Å². The maximum absolute atomic E-state index is 11.7. The molecule has 6 nitrogen and oxygen atoms in total. The summed E-state index contributed by atoms with van der Waals surface area (Å²) in [6.07, 6.45) is 2.98. The predicted molar refractivity (Wildman–Crippen MR) is 99.2 cm³/mol. The minimum absolute atomic E-state index is 0.0400. The van der Waals surface area contributed by atoms with Gasteiger partial charge in [-0.05, 0) is 50.7 Å². The van der Waals surface area contributed by atoms with Gasteiger partial charge < -0.3 is 0 Å². The first-order valence-electron chi connectivity index (χ1n) is 8.60. The van der Waals surface area contributed by atoms with Gasteiger partial charge in [0.15, 0.2) is 9.84 Å². The van der Waals surface area contributed by atoms with Crippen LogP contribution in [0.4, 0.5) is 0 Å². The second-order valence-electron chi connectivity index (χ2n) is 7.04. The molecule has 25 heavy (non-hydrogen) atoms. The molecule has 1 saturated carbocycles. The van der Waals surface area contributed by atoms with Crippen molar-refractivity contribution < 1.29 is 8.42 Å². The Labute approximate surface area is 153 Å². The smallest absolute Gasteiger partial charge is 0.203 e. The van der Waals surface area contributed by atoms with E-state index < -0.39 is 9.84 Å². The lowest BCUT2D eigenvalue weighted by Gasteiger charge is -2.22. The fraction of sp³-hybridized carbons (Fsp3) is 0.529. The normalized spacial score (nSPS) is 22.6. The van der Waals surface area contributed by atoms with E-state index in [2.05, 4.69) is 9.47 Å². The van der Waals surface area contributed by atoms with Crippen molar-refractivity contribution in [1.29, 1.82) is 0 Å². The molecule has 0 N–H and O–H groups in total. The van der Waals surface area contributed by atoms with Crippen LogP contribution in [0.25, 0.3) is 5.69 Å². The molecular weight excluding hydrogens is 356 g/mol. The lowest BCUT2D eigenvalue weighted by molar-refractivity contribution is 0.196. The van der Waals surface area contributed by atoms with Gasteiger partial charge >= 0.3 is 0 Å². The van der Waals surface area contributed by atoms with Crippen LogP contribution in [0.2, 0.25) is 0 Å². The lowest BCUT2D eigenvalue weighted by atomic mass is 10.2. The van der Waals surface area contributed by atoms with Crippen LogP contribution < -0.4 is 0 Å². The zero-order valence-corrected chi connectivity index (χ0v) is 15.8. The summed E-state index contributed by atoms with van der Waals surface area (Å²) in [6.45, 7) is 0.512. The predicted octanol–water partition coefficient (Wildman–Crippen LogP) is 2.36. The Morgan fingerprint density at radius 3 is 2.56 bits per heavy atom. The molecule has 1 saturated heterocycles. The van der Waals surface area contributed by atoms with Gasteiger partial charge in [0.2, 0.25) is 4.77 Å². The molecule has 8 heteroatoms. The third-order valence-electron chi connectivity index (χ3n) is 5.01. The van der Waals surface area contributed by atoms with Gasteiger partial charge in [0.1, 0.15) is 5.82 Å². The first-order chi connectivity index (χ1) is 11.9. The zero-order valence-electron chi connectivity index (χ0n) is 14.2. The summed E-state index contributed by atoms with van der Waals surface area (Å²) in [5, 5.41) is 4.78. The van der Waals surface area contributed by atoms with Crippen LogP contribution in [0.3, 0.4) is 0 Å². The van der Waals surface area contributed by atoms with Crippen molar-refractivity contribution in [3.05, 3.63) is 40.9 Å². The maximum Gasteiger partial charge on any atom is 0.203 e. The summed E-state index contributed by atoms with van der Waals surface area (Å²) in [6, 6.07) is 10.1. The van der Waals surface area contributed by atoms with Crippen molar-refractivity contribution in [1.82, 2.24) is 19.2 Å². The number of benzene rings is 1. The molecule has 0 radical (unpaired) electrons. The minimum atomic E-state index is -2.89. The molecule has 1 aliphatic carbocycles. The van der Waals surface area contributed by atoms with E-state index in [1.807, 2.05) is 42.1 Å². The van der Waals surface area contributed by atoms with Crippen molar-refractivity contribution in [2.75, 3.05) is 18.6 Å². The number of rotatable bonds is 5. The van der Waals surface area contributed by atoms with Crippen LogP contribution in [0.15, 0.2) is 30.3 Å². The number of nitrogens with zero attached hydrogens (tertiary/aromatic N) is 4. The van der Waals surface area contributed by atoms with Gasteiger partial charge in [-0.3, -0.25) is 9.47 Å². The molecule has 2 aromatic rings. The molecular formula is C17H22N4O2S2. The Bertz CT molecular complexity index is 929. The van der Waals surface area contributed by atoms with Gasteiger partial charge in [0.05, 0.1) is 18.2 Å². The minimum Gasteiger partial charge on any atom is -0.283 e. The van der Waals surface area contributed by atoms with Crippen molar-refractivity contribution in [2.45, 2.75) is 37.9 Å². The van der Waals surface area contributed by atoms with Crippen molar-refractivity contribution in [2.24, 2.45) is 0 Å². The first-order valence-corrected chi connectivity index (χ1v) is 10.8. The van der Waals surface area contributed by atoms with Gasteiger partial charge in [0.25, 0.3) is 0 Å². The first kappa shape index (κ1) is 16.9. The highest BCUT2D eigenvalue weighted by atomic mass is 32.2. The molecule has 0 bridgehead atoms. The molecule has 1 aliphatic heterocycles. The fourth-order valence-electron chi connectivity index (χ4n) is 3.39. The second-order valence-corrected chi connectivity index (χ2v) is 9.63. The maximum atomic E-state index is 11.7. The van der Waals surface area contributed by atoms with E-state index in [4.69, 9.17) is 17.3 Å². The second kappa shape index (κ2) is 6.34. The van der Waals surface area contributed by atoms with Gasteiger partial charge in [-0.1, -0.05) is 18.2 Å². The van der Waals surface area contributed by atoms with E-state index in [1.165, 1.54) is 0 Å². The molecule has 1 aromatic carbocycles.